The summed E-state index contributed by atoms with van der Waals surface area (Å²) in [6, 6.07) is 27.0. The Morgan fingerprint density at radius 1 is 0.828 bits per heavy atom. The second kappa shape index (κ2) is 8.61. The van der Waals surface area contributed by atoms with Crippen LogP contribution in [0.15, 0.2) is 85.1 Å². The Balaban J connectivity index is 1.59. The summed E-state index contributed by atoms with van der Waals surface area (Å²) < 4.78 is 7.64. The molecular weight excluding hydrogens is 356 g/mol. The zero-order valence-electron chi connectivity index (χ0n) is 16.7. The Bertz CT molecular complexity index is 1110. The van der Waals surface area contributed by atoms with E-state index < -0.39 is 0 Å². The molecular formula is C26H24N2O. The molecule has 0 aliphatic rings. The van der Waals surface area contributed by atoms with Crippen molar-refractivity contribution in [1.82, 2.24) is 9.55 Å². The van der Waals surface area contributed by atoms with Gasteiger partial charge in [-0.15, -0.1) is 0 Å². The van der Waals surface area contributed by atoms with Gasteiger partial charge in [-0.25, -0.2) is 4.98 Å². The highest BCUT2D eigenvalue weighted by atomic mass is 16.5. The minimum absolute atomic E-state index is 0.834. The van der Waals surface area contributed by atoms with E-state index in [1.807, 2.05) is 30.3 Å². The maximum Gasteiger partial charge on any atom is 0.133 e. The summed E-state index contributed by atoms with van der Waals surface area (Å²) in [7, 11) is 1.69. The van der Waals surface area contributed by atoms with Crippen LogP contribution in [0.1, 0.15) is 18.3 Å². The molecule has 0 aliphatic carbocycles. The molecule has 144 valence electrons. The quantitative estimate of drug-likeness (QED) is 0.386. The van der Waals surface area contributed by atoms with Crippen LogP contribution < -0.4 is 4.74 Å². The number of para-hydroxylation sites is 1. The number of benzene rings is 3. The summed E-state index contributed by atoms with van der Waals surface area (Å²) in [4.78, 5) is 4.84. The molecule has 3 nitrogen and oxygen atoms in total. The van der Waals surface area contributed by atoms with Crippen molar-refractivity contribution >= 4 is 12.2 Å². The van der Waals surface area contributed by atoms with Gasteiger partial charge < -0.3 is 9.30 Å². The fraction of sp³-hybridized carbons (Fsp3) is 0.115. The Morgan fingerprint density at radius 2 is 1.52 bits per heavy atom. The van der Waals surface area contributed by atoms with Crippen LogP contribution in [0.2, 0.25) is 0 Å². The van der Waals surface area contributed by atoms with E-state index >= 15 is 0 Å². The molecule has 0 atom stereocenters. The fourth-order valence-corrected chi connectivity index (χ4v) is 3.39. The average Bonchev–Trinajstić information content (AvgIpc) is 3.21. The molecule has 0 unspecified atom stereocenters. The van der Waals surface area contributed by atoms with Gasteiger partial charge in [-0.1, -0.05) is 72.8 Å². The Kier molecular flexibility index (Phi) is 5.57. The first-order valence-corrected chi connectivity index (χ1v) is 9.82. The normalized spacial score (nSPS) is 11.1. The number of aryl methyl sites for hydroxylation is 1. The monoisotopic (exact) mass is 380 g/mol. The fourth-order valence-electron chi connectivity index (χ4n) is 3.39. The lowest BCUT2D eigenvalue weighted by Gasteiger charge is -2.04. The molecule has 1 heterocycles. The van der Waals surface area contributed by atoms with Crippen LogP contribution in [-0.4, -0.2) is 16.7 Å². The maximum atomic E-state index is 5.49. The highest BCUT2D eigenvalue weighted by Gasteiger charge is 2.10. The third-order valence-electron chi connectivity index (χ3n) is 4.97. The molecule has 0 amide bonds. The second-order valence-electron chi connectivity index (χ2n) is 6.79. The van der Waals surface area contributed by atoms with Gasteiger partial charge in [0.05, 0.1) is 12.8 Å². The first-order chi connectivity index (χ1) is 14.3. The number of nitrogens with zero attached hydrogens (tertiary/aromatic N) is 2. The molecule has 0 fully saturated rings. The van der Waals surface area contributed by atoms with Gasteiger partial charge in [0.2, 0.25) is 0 Å². The van der Waals surface area contributed by atoms with Crippen molar-refractivity contribution in [2.75, 3.05) is 7.11 Å². The summed E-state index contributed by atoms with van der Waals surface area (Å²) in [5.41, 5.74) is 5.52. The number of hydrogen-bond donors (Lipinski definition) is 0. The van der Waals surface area contributed by atoms with Crippen LogP contribution in [0.4, 0.5) is 0 Å². The van der Waals surface area contributed by atoms with E-state index in [1.165, 1.54) is 11.1 Å². The molecule has 3 aromatic carbocycles. The standard InChI is InChI=1S/C26H24N2O/c1-3-28-19-24(23-11-7-8-12-25(23)29-2)27-26(28)18-15-20-13-16-22(17-14-20)21-9-5-4-6-10-21/h4-19H,3H2,1-2H3/b18-15+. The van der Waals surface area contributed by atoms with E-state index in [0.717, 1.165) is 34.9 Å². The number of aromatic nitrogens is 2. The van der Waals surface area contributed by atoms with Crippen molar-refractivity contribution < 1.29 is 4.74 Å². The molecule has 0 saturated carbocycles. The molecule has 1 aromatic heterocycles. The van der Waals surface area contributed by atoms with Crippen LogP contribution in [-0.2, 0) is 6.54 Å². The molecule has 29 heavy (non-hydrogen) atoms. The molecule has 0 aliphatic heterocycles. The van der Waals surface area contributed by atoms with Crippen molar-refractivity contribution in [2.24, 2.45) is 0 Å². The molecule has 4 aromatic rings. The van der Waals surface area contributed by atoms with Gasteiger partial charge in [0.25, 0.3) is 0 Å². The van der Waals surface area contributed by atoms with E-state index in [0.29, 0.717) is 0 Å². The van der Waals surface area contributed by atoms with E-state index in [1.54, 1.807) is 7.11 Å². The van der Waals surface area contributed by atoms with Crippen LogP contribution in [0.25, 0.3) is 34.5 Å². The van der Waals surface area contributed by atoms with Gasteiger partial charge in [-0.2, -0.15) is 0 Å². The summed E-state index contributed by atoms with van der Waals surface area (Å²) in [6.45, 7) is 2.98. The lowest BCUT2D eigenvalue weighted by molar-refractivity contribution is 0.416. The lowest BCUT2D eigenvalue weighted by Crippen LogP contribution is -1.94. The second-order valence-corrected chi connectivity index (χ2v) is 6.79. The third kappa shape index (κ3) is 4.14. The summed E-state index contributed by atoms with van der Waals surface area (Å²) in [5.74, 6) is 1.76. The molecule has 0 spiro atoms. The average molecular weight is 380 g/mol. The van der Waals surface area contributed by atoms with E-state index in [-0.39, 0.29) is 0 Å². The lowest BCUT2D eigenvalue weighted by atomic mass is 10.0. The highest BCUT2D eigenvalue weighted by Crippen LogP contribution is 2.29. The SMILES string of the molecule is CCn1cc(-c2ccccc2OC)nc1/C=C/c1ccc(-c2ccccc2)cc1. The van der Waals surface area contributed by atoms with Crippen molar-refractivity contribution in [2.45, 2.75) is 13.5 Å². The van der Waals surface area contributed by atoms with Gasteiger partial charge in [-0.3, -0.25) is 0 Å². The number of rotatable bonds is 6. The van der Waals surface area contributed by atoms with Crippen molar-refractivity contribution in [3.05, 3.63) is 96.4 Å². The number of hydrogen-bond acceptors (Lipinski definition) is 2. The van der Waals surface area contributed by atoms with Crippen LogP contribution in [0.5, 0.6) is 5.75 Å². The first kappa shape index (κ1) is 18.8. The van der Waals surface area contributed by atoms with Crippen LogP contribution in [0, 0.1) is 0 Å². The molecule has 0 saturated heterocycles. The molecule has 4 rings (SSSR count). The maximum absolute atomic E-state index is 5.49. The van der Waals surface area contributed by atoms with Gasteiger partial charge in [0.1, 0.15) is 11.6 Å². The van der Waals surface area contributed by atoms with Crippen molar-refractivity contribution in [1.29, 1.82) is 0 Å². The number of imidazole rings is 1. The van der Waals surface area contributed by atoms with E-state index in [9.17, 15) is 0 Å². The van der Waals surface area contributed by atoms with Gasteiger partial charge in [-0.05, 0) is 41.8 Å². The van der Waals surface area contributed by atoms with Crippen LogP contribution in [0.3, 0.4) is 0 Å². The third-order valence-corrected chi connectivity index (χ3v) is 4.97. The minimum Gasteiger partial charge on any atom is -0.496 e. The predicted octanol–water partition coefficient (Wildman–Crippen LogP) is 6.42. The summed E-state index contributed by atoms with van der Waals surface area (Å²) in [5, 5.41) is 0. The number of methoxy groups -OCH3 is 1. The van der Waals surface area contributed by atoms with E-state index in [4.69, 9.17) is 9.72 Å². The first-order valence-electron chi connectivity index (χ1n) is 9.82. The molecule has 0 N–H and O–H groups in total. The molecule has 3 heteroatoms. The largest absolute Gasteiger partial charge is 0.496 e. The molecule has 0 bridgehead atoms. The van der Waals surface area contributed by atoms with Gasteiger partial charge in [0, 0.05) is 18.3 Å². The van der Waals surface area contributed by atoms with E-state index in [2.05, 4.69) is 78.4 Å². The molecule has 0 radical (unpaired) electrons. The van der Waals surface area contributed by atoms with Crippen molar-refractivity contribution in [3.8, 4) is 28.1 Å². The predicted molar refractivity (Wildman–Crippen MR) is 121 cm³/mol. The minimum atomic E-state index is 0.834. The Morgan fingerprint density at radius 3 is 2.24 bits per heavy atom. The zero-order chi connectivity index (χ0) is 20.1. The highest BCUT2D eigenvalue weighted by molar-refractivity contribution is 5.73. The number of ether oxygens (including phenoxy) is 1. The Hall–Kier alpha value is -3.59. The smallest absolute Gasteiger partial charge is 0.133 e. The zero-order valence-corrected chi connectivity index (χ0v) is 16.7. The summed E-state index contributed by atoms with van der Waals surface area (Å²) in [6.07, 6.45) is 6.26. The van der Waals surface area contributed by atoms with Crippen LogP contribution >= 0.6 is 0 Å². The van der Waals surface area contributed by atoms with Crippen molar-refractivity contribution in [3.63, 3.8) is 0 Å². The Labute approximate surface area is 171 Å². The topological polar surface area (TPSA) is 27.1 Å². The summed E-state index contributed by atoms with van der Waals surface area (Å²) >= 11 is 0. The van der Waals surface area contributed by atoms with Gasteiger partial charge >= 0.3 is 0 Å². The van der Waals surface area contributed by atoms with Gasteiger partial charge in [0.15, 0.2) is 0 Å².